The molecular weight excluding hydrogens is 362 g/mol. The van der Waals surface area contributed by atoms with Gasteiger partial charge in [0.15, 0.2) is 0 Å². The minimum Gasteiger partial charge on any atom is -0.361 e. The van der Waals surface area contributed by atoms with Crippen molar-refractivity contribution in [3.63, 3.8) is 0 Å². The zero-order chi connectivity index (χ0) is 19.0. The summed E-state index contributed by atoms with van der Waals surface area (Å²) >= 11 is 0. The van der Waals surface area contributed by atoms with Crippen LogP contribution in [0.25, 0.3) is 10.9 Å². The van der Waals surface area contributed by atoms with Crippen LogP contribution in [0.15, 0.2) is 53.6 Å². The molecule has 1 aromatic heterocycles. The number of para-hydroxylation sites is 1. The number of benzene rings is 2. The number of aromatic amines is 1. The molecule has 2 aromatic carbocycles. The number of nitrogens with one attached hydrogen (secondary N) is 2. The molecule has 1 aliphatic heterocycles. The largest absolute Gasteiger partial charge is 0.361 e. The first-order chi connectivity index (χ1) is 13.0. The molecule has 2 heterocycles. The van der Waals surface area contributed by atoms with Crippen molar-refractivity contribution in [1.29, 1.82) is 0 Å². The van der Waals surface area contributed by atoms with Gasteiger partial charge in [-0.3, -0.25) is 4.79 Å². The minimum absolute atomic E-state index is 0.0267. The number of aromatic nitrogens is 1. The number of fused-ring (bicyclic) bond motifs is 2. The molecular formula is C20H21N3O3S. The van der Waals surface area contributed by atoms with Crippen molar-refractivity contribution in [1.82, 2.24) is 9.71 Å². The number of H-pyrrole nitrogens is 1. The van der Waals surface area contributed by atoms with E-state index in [2.05, 4.69) is 9.71 Å². The molecule has 1 amide bonds. The molecule has 1 aliphatic rings. The van der Waals surface area contributed by atoms with Gasteiger partial charge in [0.25, 0.3) is 0 Å². The molecule has 6 nitrogen and oxygen atoms in total. The zero-order valence-corrected chi connectivity index (χ0v) is 15.8. The standard InChI is InChI=1S/C20H21N3O3S/c1-14(24)23-11-9-15-12-17(6-7-20(15)23)27(25,26)22-10-8-16-13-21-19-5-3-2-4-18(16)19/h2-7,12-13,21-22H,8-11H2,1H3. The summed E-state index contributed by atoms with van der Waals surface area (Å²) in [6.07, 6.45) is 3.20. The van der Waals surface area contributed by atoms with Crippen LogP contribution in [0.1, 0.15) is 18.1 Å². The molecule has 0 aliphatic carbocycles. The molecule has 4 rings (SSSR count). The Labute approximate surface area is 158 Å². The van der Waals surface area contributed by atoms with Crippen molar-refractivity contribution < 1.29 is 13.2 Å². The molecule has 140 valence electrons. The van der Waals surface area contributed by atoms with Gasteiger partial charge in [0.2, 0.25) is 15.9 Å². The van der Waals surface area contributed by atoms with Crippen molar-refractivity contribution in [2.45, 2.75) is 24.7 Å². The van der Waals surface area contributed by atoms with Crippen molar-refractivity contribution in [2.75, 3.05) is 18.0 Å². The first kappa shape index (κ1) is 17.8. The van der Waals surface area contributed by atoms with Gasteiger partial charge in [-0.2, -0.15) is 0 Å². The van der Waals surface area contributed by atoms with Crippen LogP contribution < -0.4 is 9.62 Å². The molecule has 0 spiro atoms. The molecule has 0 bridgehead atoms. The lowest BCUT2D eigenvalue weighted by molar-refractivity contribution is -0.116. The van der Waals surface area contributed by atoms with E-state index in [1.54, 1.807) is 23.1 Å². The second-order valence-corrected chi connectivity index (χ2v) is 8.49. The molecule has 27 heavy (non-hydrogen) atoms. The Morgan fingerprint density at radius 2 is 2.04 bits per heavy atom. The summed E-state index contributed by atoms with van der Waals surface area (Å²) in [6, 6.07) is 12.9. The number of carbonyl (C=O) groups is 1. The molecule has 2 N–H and O–H groups in total. The summed E-state index contributed by atoms with van der Waals surface area (Å²) < 4.78 is 28.0. The fourth-order valence-corrected chi connectivity index (χ4v) is 4.70. The van der Waals surface area contributed by atoms with Crippen LogP contribution in [0.5, 0.6) is 0 Å². The summed E-state index contributed by atoms with van der Waals surface area (Å²) in [5.74, 6) is -0.0267. The third-order valence-corrected chi connectivity index (χ3v) is 6.46. The van der Waals surface area contributed by atoms with Crippen LogP contribution >= 0.6 is 0 Å². The SMILES string of the molecule is CC(=O)N1CCc2cc(S(=O)(=O)NCCc3c[nH]c4ccccc34)ccc21. The molecule has 0 saturated heterocycles. The zero-order valence-electron chi connectivity index (χ0n) is 15.0. The lowest BCUT2D eigenvalue weighted by atomic mass is 10.1. The number of nitrogens with zero attached hydrogens (tertiary/aromatic N) is 1. The first-order valence-electron chi connectivity index (χ1n) is 8.91. The molecule has 7 heteroatoms. The van der Waals surface area contributed by atoms with Gasteiger partial charge in [-0.25, -0.2) is 13.1 Å². The maximum atomic E-state index is 12.6. The maximum Gasteiger partial charge on any atom is 0.240 e. The number of carbonyl (C=O) groups excluding carboxylic acids is 1. The highest BCUT2D eigenvalue weighted by Gasteiger charge is 2.24. The lowest BCUT2D eigenvalue weighted by Crippen LogP contribution is -2.26. The van der Waals surface area contributed by atoms with E-state index in [9.17, 15) is 13.2 Å². The van der Waals surface area contributed by atoms with E-state index in [-0.39, 0.29) is 10.8 Å². The van der Waals surface area contributed by atoms with Gasteiger partial charge in [0, 0.05) is 42.8 Å². The Balaban J connectivity index is 1.47. The van der Waals surface area contributed by atoms with E-state index in [4.69, 9.17) is 0 Å². The summed E-state index contributed by atoms with van der Waals surface area (Å²) in [7, 11) is -3.59. The van der Waals surface area contributed by atoms with Crippen molar-refractivity contribution >= 4 is 32.5 Å². The quantitative estimate of drug-likeness (QED) is 0.710. The van der Waals surface area contributed by atoms with Crippen LogP contribution in [0.2, 0.25) is 0 Å². The normalized spacial score (nSPS) is 13.9. The van der Waals surface area contributed by atoms with E-state index in [0.29, 0.717) is 25.9 Å². The van der Waals surface area contributed by atoms with Crippen LogP contribution in [0.3, 0.4) is 0 Å². The Morgan fingerprint density at radius 1 is 1.22 bits per heavy atom. The van der Waals surface area contributed by atoms with Gasteiger partial charge < -0.3 is 9.88 Å². The van der Waals surface area contributed by atoms with E-state index in [1.165, 1.54) is 6.92 Å². The highest BCUT2D eigenvalue weighted by molar-refractivity contribution is 7.89. The highest BCUT2D eigenvalue weighted by atomic mass is 32.2. The molecule has 3 aromatic rings. The summed E-state index contributed by atoms with van der Waals surface area (Å²) in [5, 5.41) is 1.11. The van der Waals surface area contributed by atoms with Crippen LogP contribution in [0.4, 0.5) is 5.69 Å². The van der Waals surface area contributed by atoms with Gasteiger partial charge in [-0.15, -0.1) is 0 Å². The van der Waals surface area contributed by atoms with Gasteiger partial charge in [0.1, 0.15) is 0 Å². The minimum atomic E-state index is -3.59. The number of rotatable bonds is 5. The number of hydrogen-bond donors (Lipinski definition) is 2. The van der Waals surface area contributed by atoms with E-state index >= 15 is 0 Å². The fourth-order valence-electron chi connectivity index (χ4n) is 3.61. The van der Waals surface area contributed by atoms with Gasteiger partial charge in [-0.1, -0.05) is 18.2 Å². The molecule has 0 saturated carbocycles. The average Bonchev–Trinajstić information content (AvgIpc) is 3.25. The van der Waals surface area contributed by atoms with Crippen LogP contribution in [-0.4, -0.2) is 32.4 Å². The van der Waals surface area contributed by atoms with Crippen molar-refractivity contribution in [2.24, 2.45) is 0 Å². The maximum absolute atomic E-state index is 12.6. The average molecular weight is 383 g/mol. The Morgan fingerprint density at radius 3 is 2.85 bits per heavy atom. The van der Waals surface area contributed by atoms with Crippen molar-refractivity contribution in [3.05, 3.63) is 59.8 Å². The number of sulfonamides is 1. The van der Waals surface area contributed by atoms with E-state index in [1.807, 2.05) is 30.5 Å². The Kier molecular flexibility index (Phi) is 4.49. The molecule has 0 radical (unpaired) electrons. The predicted octanol–water partition coefficient (Wildman–Crippen LogP) is 2.60. The Hall–Kier alpha value is -2.64. The topological polar surface area (TPSA) is 82.3 Å². The highest BCUT2D eigenvalue weighted by Crippen LogP contribution is 2.30. The smallest absolute Gasteiger partial charge is 0.240 e. The lowest BCUT2D eigenvalue weighted by Gasteiger charge is -2.15. The van der Waals surface area contributed by atoms with E-state index < -0.39 is 10.0 Å². The second kappa shape index (κ2) is 6.83. The second-order valence-electron chi connectivity index (χ2n) is 6.72. The Bertz CT molecular complexity index is 1120. The number of hydrogen-bond acceptors (Lipinski definition) is 3. The first-order valence-corrected chi connectivity index (χ1v) is 10.4. The third kappa shape index (κ3) is 3.36. The monoisotopic (exact) mass is 383 g/mol. The van der Waals surface area contributed by atoms with Crippen molar-refractivity contribution in [3.8, 4) is 0 Å². The molecule has 0 atom stereocenters. The van der Waals surface area contributed by atoms with Gasteiger partial charge in [0.05, 0.1) is 4.90 Å². The number of anilines is 1. The summed E-state index contributed by atoms with van der Waals surface area (Å²) in [6.45, 7) is 2.44. The summed E-state index contributed by atoms with van der Waals surface area (Å²) in [4.78, 5) is 16.7. The fraction of sp³-hybridized carbons (Fsp3) is 0.250. The van der Waals surface area contributed by atoms with E-state index in [0.717, 1.165) is 27.7 Å². The summed E-state index contributed by atoms with van der Waals surface area (Å²) in [5.41, 5.74) is 3.83. The number of amides is 1. The predicted molar refractivity (Wildman–Crippen MR) is 105 cm³/mol. The molecule has 0 fully saturated rings. The van der Waals surface area contributed by atoms with Crippen LogP contribution in [-0.2, 0) is 27.7 Å². The van der Waals surface area contributed by atoms with Gasteiger partial charge in [-0.05, 0) is 48.2 Å². The van der Waals surface area contributed by atoms with Crippen LogP contribution in [0, 0.1) is 0 Å². The molecule has 0 unspecified atom stereocenters. The third-order valence-electron chi connectivity index (χ3n) is 5.00. The van der Waals surface area contributed by atoms with Gasteiger partial charge >= 0.3 is 0 Å².